The SMILES string of the molecule is Cc1cccc(NC(=O)N2CCN(c3nc(N)nc4sc(-c5ccccc5)nc34)CC2)c1. The average Bonchev–Trinajstić information content (AvgIpc) is 3.23. The molecule has 8 nitrogen and oxygen atoms in total. The number of carbonyl (C=O) groups is 1. The molecule has 0 atom stereocenters. The number of piperazine rings is 1. The summed E-state index contributed by atoms with van der Waals surface area (Å²) in [5.41, 5.74) is 9.71. The highest BCUT2D eigenvalue weighted by Gasteiger charge is 2.25. The fourth-order valence-corrected chi connectivity index (χ4v) is 4.74. The van der Waals surface area contributed by atoms with Crippen molar-refractivity contribution in [3.05, 3.63) is 60.2 Å². The number of anilines is 3. The zero-order chi connectivity index (χ0) is 22.1. The number of nitrogens with one attached hydrogen (secondary N) is 1. The summed E-state index contributed by atoms with van der Waals surface area (Å²) in [5.74, 6) is 0.958. The molecule has 4 aromatic rings. The second kappa shape index (κ2) is 8.43. The maximum absolute atomic E-state index is 12.7. The van der Waals surface area contributed by atoms with E-state index in [0.717, 1.165) is 38.0 Å². The Morgan fingerprint density at radius 1 is 1.00 bits per heavy atom. The summed E-state index contributed by atoms with van der Waals surface area (Å²) in [6.07, 6.45) is 0. The third-order valence-corrected chi connectivity index (χ3v) is 6.41. The van der Waals surface area contributed by atoms with Gasteiger partial charge in [0.2, 0.25) is 5.95 Å². The first kappa shape index (κ1) is 20.2. The zero-order valence-corrected chi connectivity index (χ0v) is 18.5. The van der Waals surface area contributed by atoms with Gasteiger partial charge >= 0.3 is 6.03 Å². The van der Waals surface area contributed by atoms with Gasteiger partial charge in [0, 0.05) is 37.4 Å². The quantitative estimate of drug-likeness (QED) is 0.494. The fraction of sp³-hybridized carbons (Fsp3) is 0.217. The first-order valence-electron chi connectivity index (χ1n) is 10.4. The lowest BCUT2D eigenvalue weighted by atomic mass is 10.2. The predicted molar refractivity (Wildman–Crippen MR) is 129 cm³/mol. The smallest absolute Gasteiger partial charge is 0.321 e. The fourth-order valence-electron chi connectivity index (χ4n) is 3.80. The Labute approximate surface area is 189 Å². The molecule has 1 aliphatic heterocycles. The lowest BCUT2D eigenvalue weighted by molar-refractivity contribution is 0.208. The Balaban J connectivity index is 1.33. The minimum atomic E-state index is -0.0948. The Hall–Kier alpha value is -3.72. The van der Waals surface area contributed by atoms with Crippen molar-refractivity contribution in [1.29, 1.82) is 0 Å². The van der Waals surface area contributed by atoms with Gasteiger partial charge < -0.3 is 20.9 Å². The average molecular weight is 446 g/mol. The van der Waals surface area contributed by atoms with E-state index in [1.54, 1.807) is 0 Å². The second-order valence-electron chi connectivity index (χ2n) is 7.72. The normalized spacial score (nSPS) is 14.0. The van der Waals surface area contributed by atoms with E-state index < -0.39 is 0 Å². The van der Waals surface area contributed by atoms with Crippen molar-refractivity contribution >= 4 is 45.2 Å². The van der Waals surface area contributed by atoms with Crippen LogP contribution in [0.3, 0.4) is 0 Å². The summed E-state index contributed by atoms with van der Waals surface area (Å²) in [4.78, 5) is 31.1. The number of amides is 2. The van der Waals surface area contributed by atoms with Crippen molar-refractivity contribution in [2.75, 3.05) is 42.1 Å². The van der Waals surface area contributed by atoms with Gasteiger partial charge in [0.05, 0.1) is 0 Å². The number of hydrogen-bond donors (Lipinski definition) is 2. The molecule has 0 bridgehead atoms. The minimum Gasteiger partial charge on any atom is -0.368 e. The van der Waals surface area contributed by atoms with Crippen LogP contribution in [0.1, 0.15) is 5.56 Å². The highest BCUT2D eigenvalue weighted by Crippen LogP contribution is 2.34. The van der Waals surface area contributed by atoms with Gasteiger partial charge in [-0.2, -0.15) is 4.98 Å². The van der Waals surface area contributed by atoms with Crippen LogP contribution in [0.2, 0.25) is 0 Å². The third-order valence-electron chi connectivity index (χ3n) is 5.41. The molecular formula is C23H23N7OS. The molecule has 0 aliphatic carbocycles. The number of thiazole rings is 1. The Kier molecular flexibility index (Phi) is 5.32. The van der Waals surface area contributed by atoms with Crippen LogP contribution in [0.4, 0.5) is 22.2 Å². The Morgan fingerprint density at radius 2 is 1.78 bits per heavy atom. The minimum absolute atomic E-state index is 0.0948. The number of aromatic nitrogens is 3. The van der Waals surface area contributed by atoms with E-state index in [-0.39, 0.29) is 12.0 Å². The van der Waals surface area contributed by atoms with E-state index in [2.05, 4.69) is 20.2 Å². The van der Waals surface area contributed by atoms with Crippen molar-refractivity contribution in [3.8, 4) is 10.6 Å². The molecule has 0 unspecified atom stereocenters. The van der Waals surface area contributed by atoms with Crippen molar-refractivity contribution in [2.45, 2.75) is 6.92 Å². The van der Waals surface area contributed by atoms with E-state index in [1.165, 1.54) is 11.3 Å². The van der Waals surface area contributed by atoms with Crippen LogP contribution in [0.5, 0.6) is 0 Å². The van der Waals surface area contributed by atoms with E-state index in [9.17, 15) is 4.79 Å². The number of benzene rings is 2. The second-order valence-corrected chi connectivity index (χ2v) is 8.70. The van der Waals surface area contributed by atoms with E-state index in [1.807, 2.05) is 66.4 Å². The first-order valence-corrected chi connectivity index (χ1v) is 11.3. The number of carbonyl (C=O) groups excluding carboxylic acids is 1. The van der Waals surface area contributed by atoms with Gasteiger partial charge in [0.1, 0.15) is 10.5 Å². The molecule has 3 N–H and O–H groups in total. The summed E-state index contributed by atoms with van der Waals surface area (Å²) >= 11 is 1.51. The van der Waals surface area contributed by atoms with Crippen LogP contribution in [0.25, 0.3) is 20.9 Å². The van der Waals surface area contributed by atoms with Gasteiger partial charge in [-0.05, 0) is 24.6 Å². The molecule has 32 heavy (non-hydrogen) atoms. The van der Waals surface area contributed by atoms with Gasteiger partial charge in [-0.25, -0.2) is 14.8 Å². The van der Waals surface area contributed by atoms with Gasteiger partial charge in [-0.15, -0.1) is 0 Å². The monoisotopic (exact) mass is 445 g/mol. The molecule has 0 radical (unpaired) electrons. The van der Waals surface area contributed by atoms with Gasteiger partial charge in [-0.3, -0.25) is 0 Å². The highest BCUT2D eigenvalue weighted by atomic mass is 32.1. The molecule has 1 saturated heterocycles. The van der Waals surface area contributed by atoms with Crippen molar-refractivity contribution < 1.29 is 4.79 Å². The summed E-state index contributed by atoms with van der Waals surface area (Å²) in [7, 11) is 0. The summed E-state index contributed by atoms with van der Waals surface area (Å²) in [5, 5.41) is 3.87. The highest BCUT2D eigenvalue weighted by molar-refractivity contribution is 7.21. The topological polar surface area (TPSA) is 100 Å². The number of rotatable bonds is 3. The maximum Gasteiger partial charge on any atom is 0.321 e. The summed E-state index contributed by atoms with van der Waals surface area (Å²) in [6.45, 7) is 4.46. The standard InChI is InChI=1S/C23H23N7OS/c1-15-6-5-9-17(14-15)25-23(31)30-12-10-29(11-13-30)19-18-21(28-22(24)27-19)32-20(26-18)16-7-3-2-4-8-16/h2-9,14H,10-13H2,1H3,(H,25,31)(H2,24,27,28). The maximum atomic E-state index is 12.7. The Morgan fingerprint density at radius 3 is 2.53 bits per heavy atom. The van der Waals surface area contributed by atoms with Crippen LogP contribution in [-0.2, 0) is 0 Å². The molecule has 5 rings (SSSR count). The largest absolute Gasteiger partial charge is 0.368 e. The number of hydrogen-bond acceptors (Lipinski definition) is 7. The van der Waals surface area contributed by atoms with E-state index in [4.69, 9.17) is 10.7 Å². The molecule has 2 amide bonds. The number of urea groups is 1. The van der Waals surface area contributed by atoms with Gasteiger partial charge in [0.15, 0.2) is 10.6 Å². The third kappa shape index (κ3) is 4.06. The molecule has 9 heteroatoms. The van der Waals surface area contributed by atoms with Crippen LogP contribution in [-0.4, -0.2) is 52.1 Å². The van der Waals surface area contributed by atoms with Crippen LogP contribution in [0, 0.1) is 6.92 Å². The van der Waals surface area contributed by atoms with Crippen molar-refractivity contribution in [3.63, 3.8) is 0 Å². The predicted octanol–water partition coefficient (Wildman–Crippen LogP) is 4.00. The molecule has 2 aromatic heterocycles. The Bertz CT molecular complexity index is 1270. The molecule has 0 saturated carbocycles. The molecular weight excluding hydrogens is 422 g/mol. The molecule has 162 valence electrons. The molecule has 1 fully saturated rings. The van der Waals surface area contributed by atoms with Crippen LogP contribution in [0.15, 0.2) is 54.6 Å². The lowest BCUT2D eigenvalue weighted by Gasteiger charge is -2.35. The number of aryl methyl sites for hydroxylation is 1. The molecule has 1 aliphatic rings. The van der Waals surface area contributed by atoms with Crippen LogP contribution >= 0.6 is 11.3 Å². The molecule has 3 heterocycles. The van der Waals surface area contributed by atoms with Crippen molar-refractivity contribution in [2.24, 2.45) is 0 Å². The molecule has 2 aromatic carbocycles. The van der Waals surface area contributed by atoms with Crippen molar-refractivity contribution in [1.82, 2.24) is 19.9 Å². The lowest BCUT2D eigenvalue weighted by Crippen LogP contribution is -2.50. The van der Waals surface area contributed by atoms with Gasteiger partial charge in [0.25, 0.3) is 0 Å². The number of nitrogen functional groups attached to an aromatic ring is 1. The number of nitrogens with zero attached hydrogens (tertiary/aromatic N) is 5. The number of nitrogens with two attached hydrogens (primary N) is 1. The first-order chi connectivity index (χ1) is 15.6. The summed E-state index contributed by atoms with van der Waals surface area (Å²) < 4.78 is 0. The van der Waals surface area contributed by atoms with E-state index >= 15 is 0 Å². The number of fused-ring (bicyclic) bond motifs is 1. The summed E-state index contributed by atoms with van der Waals surface area (Å²) in [6, 6.07) is 17.7. The van der Waals surface area contributed by atoms with E-state index in [0.29, 0.717) is 26.2 Å². The molecule has 0 spiro atoms. The van der Waals surface area contributed by atoms with Crippen LogP contribution < -0.4 is 16.0 Å². The zero-order valence-electron chi connectivity index (χ0n) is 17.7. The van der Waals surface area contributed by atoms with Gasteiger partial charge in [-0.1, -0.05) is 53.8 Å².